The van der Waals surface area contributed by atoms with Crippen LogP contribution in [0.3, 0.4) is 0 Å². The van der Waals surface area contributed by atoms with Crippen molar-refractivity contribution in [2.75, 3.05) is 11.1 Å². The number of thioether (sulfide) groups is 1. The number of rotatable bonds is 5. The van der Waals surface area contributed by atoms with E-state index < -0.39 is 0 Å². The van der Waals surface area contributed by atoms with Gasteiger partial charge in [-0.05, 0) is 44.0 Å². The minimum Gasteiger partial charge on any atom is -0.325 e. The van der Waals surface area contributed by atoms with Crippen molar-refractivity contribution >= 4 is 29.0 Å². The van der Waals surface area contributed by atoms with Crippen LogP contribution in [0.1, 0.15) is 17.0 Å². The second-order valence-corrected chi connectivity index (χ2v) is 7.95. The molecule has 0 saturated heterocycles. The van der Waals surface area contributed by atoms with Gasteiger partial charge in [0.1, 0.15) is 5.03 Å². The number of aromatic nitrogens is 3. The Hall–Kier alpha value is -3.12. The quantitative estimate of drug-likeness (QED) is 0.375. The maximum atomic E-state index is 12.5. The molecule has 6 heteroatoms. The molecule has 1 amide bonds. The summed E-state index contributed by atoms with van der Waals surface area (Å²) in [6, 6.07) is 19.9. The lowest BCUT2D eigenvalue weighted by Crippen LogP contribution is -2.15. The lowest BCUT2D eigenvalue weighted by molar-refractivity contribution is -0.113. The molecule has 0 radical (unpaired) electrons. The van der Waals surface area contributed by atoms with Crippen LogP contribution in [-0.4, -0.2) is 26.3 Å². The van der Waals surface area contributed by atoms with Crippen LogP contribution in [0.4, 0.5) is 5.69 Å². The fraction of sp³-hybridized carbons (Fsp3) is 0.174. The summed E-state index contributed by atoms with van der Waals surface area (Å²) in [6.45, 7) is 5.94. The van der Waals surface area contributed by atoms with Crippen molar-refractivity contribution in [1.82, 2.24) is 14.6 Å². The van der Waals surface area contributed by atoms with Gasteiger partial charge in [-0.3, -0.25) is 4.79 Å². The van der Waals surface area contributed by atoms with Gasteiger partial charge < -0.3 is 5.32 Å². The highest BCUT2D eigenvalue weighted by molar-refractivity contribution is 7.99. The Kier molecular flexibility index (Phi) is 5.36. The Morgan fingerprint density at radius 2 is 1.76 bits per heavy atom. The average Bonchev–Trinajstić information content (AvgIpc) is 3.04. The van der Waals surface area contributed by atoms with Crippen molar-refractivity contribution in [3.05, 3.63) is 77.6 Å². The minimum atomic E-state index is -0.0425. The third-order valence-corrected chi connectivity index (χ3v) is 5.69. The van der Waals surface area contributed by atoms with Crippen molar-refractivity contribution in [3.8, 4) is 11.1 Å². The van der Waals surface area contributed by atoms with Crippen molar-refractivity contribution in [3.63, 3.8) is 0 Å². The summed E-state index contributed by atoms with van der Waals surface area (Å²) >= 11 is 1.46. The Bertz CT molecular complexity index is 1180. The molecule has 0 bridgehead atoms. The third-order valence-electron chi connectivity index (χ3n) is 4.69. The minimum absolute atomic E-state index is 0.0425. The Balaban J connectivity index is 1.61. The molecule has 2 aromatic heterocycles. The second kappa shape index (κ2) is 8.09. The van der Waals surface area contributed by atoms with Crippen LogP contribution in [0.2, 0.25) is 0 Å². The normalized spacial score (nSPS) is 11.0. The van der Waals surface area contributed by atoms with Crippen LogP contribution >= 0.6 is 11.8 Å². The predicted octanol–water partition coefficient (Wildman–Crippen LogP) is 5.05. The van der Waals surface area contributed by atoms with Crippen LogP contribution in [0.25, 0.3) is 16.8 Å². The standard InChI is InChI=1S/C23H22N4OS/c1-15-9-7-8-12-19(15)25-20(28)14-29-21-13-16(2)24-23-22(17(3)26-27(21)23)18-10-5-4-6-11-18/h4-13H,14H2,1-3H3,(H,25,28). The molecular formula is C23H22N4OS. The summed E-state index contributed by atoms with van der Waals surface area (Å²) in [6.07, 6.45) is 0. The molecule has 1 N–H and O–H groups in total. The maximum absolute atomic E-state index is 12.5. The van der Waals surface area contributed by atoms with E-state index in [2.05, 4.69) is 17.4 Å². The first-order valence-electron chi connectivity index (χ1n) is 9.43. The van der Waals surface area contributed by atoms with Gasteiger partial charge in [-0.25, -0.2) is 9.50 Å². The van der Waals surface area contributed by atoms with Crippen molar-refractivity contribution in [2.24, 2.45) is 0 Å². The van der Waals surface area contributed by atoms with E-state index >= 15 is 0 Å². The number of amides is 1. The molecule has 0 aliphatic heterocycles. The Morgan fingerprint density at radius 3 is 2.52 bits per heavy atom. The topological polar surface area (TPSA) is 59.3 Å². The van der Waals surface area contributed by atoms with Crippen molar-refractivity contribution in [1.29, 1.82) is 0 Å². The predicted molar refractivity (Wildman–Crippen MR) is 118 cm³/mol. The van der Waals surface area contributed by atoms with E-state index in [-0.39, 0.29) is 5.91 Å². The molecule has 4 aromatic rings. The molecule has 2 aromatic carbocycles. The van der Waals surface area contributed by atoms with Crippen LogP contribution in [0.5, 0.6) is 0 Å². The number of anilines is 1. The molecule has 0 fully saturated rings. The Labute approximate surface area is 174 Å². The molecular weight excluding hydrogens is 380 g/mol. The lowest BCUT2D eigenvalue weighted by Gasteiger charge is -2.09. The fourth-order valence-corrected chi connectivity index (χ4v) is 4.15. The molecule has 0 spiro atoms. The zero-order valence-electron chi connectivity index (χ0n) is 16.6. The summed E-state index contributed by atoms with van der Waals surface area (Å²) in [7, 11) is 0. The molecule has 2 heterocycles. The second-order valence-electron chi connectivity index (χ2n) is 6.95. The van der Waals surface area contributed by atoms with Crippen LogP contribution < -0.4 is 5.32 Å². The fourth-order valence-electron chi connectivity index (χ4n) is 3.30. The number of aryl methyl sites for hydroxylation is 3. The molecule has 146 valence electrons. The number of hydrogen-bond acceptors (Lipinski definition) is 4. The maximum Gasteiger partial charge on any atom is 0.234 e. The smallest absolute Gasteiger partial charge is 0.234 e. The molecule has 0 aliphatic carbocycles. The summed E-state index contributed by atoms with van der Waals surface area (Å²) in [5.74, 6) is 0.256. The van der Waals surface area contributed by atoms with E-state index in [1.807, 2.05) is 73.8 Å². The van der Waals surface area contributed by atoms with Gasteiger partial charge in [-0.1, -0.05) is 60.3 Å². The number of fused-ring (bicyclic) bond motifs is 1. The zero-order valence-corrected chi connectivity index (χ0v) is 17.5. The number of benzene rings is 2. The SMILES string of the molecule is Cc1cc(SCC(=O)Nc2ccccc2C)n2nc(C)c(-c3ccccc3)c2n1. The van der Waals surface area contributed by atoms with Crippen molar-refractivity contribution < 1.29 is 4.79 Å². The number of para-hydroxylation sites is 1. The molecule has 0 unspecified atom stereocenters. The highest BCUT2D eigenvalue weighted by Gasteiger charge is 2.17. The lowest BCUT2D eigenvalue weighted by atomic mass is 10.1. The number of nitrogens with zero attached hydrogens (tertiary/aromatic N) is 3. The van der Waals surface area contributed by atoms with Gasteiger partial charge >= 0.3 is 0 Å². The molecule has 0 atom stereocenters. The number of hydrogen-bond donors (Lipinski definition) is 1. The van der Waals surface area contributed by atoms with Gasteiger partial charge in [0.2, 0.25) is 5.91 Å². The van der Waals surface area contributed by atoms with Gasteiger partial charge in [0, 0.05) is 16.9 Å². The van der Waals surface area contributed by atoms with E-state index in [4.69, 9.17) is 10.1 Å². The van der Waals surface area contributed by atoms with Gasteiger partial charge in [-0.2, -0.15) is 5.10 Å². The van der Waals surface area contributed by atoms with E-state index in [0.29, 0.717) is 5.75 Å². The van der Waals surface area contributed by atoms with Crippen LogP contribution in [-0.2, 0) is 4.79 Å². The van der Waals surface area contributed by atoms with Gasteiger partial charge in [0.15, 0.2) is 5.65 Å². The molecule has 29 heavy (non-hydrogen) atoms. The molecule has 0 aliphatic rings. The number of nitrogens with one attached hydrogen (secondary N) is 1. The molecule has 4 rings (SSSR count). The van der Waals surface area contributed by atoms with Crippen LogP contribution in [0, 0.1) is 20.8 Å². The monoisotopic (exact) mass is 402 g/mol. The first-order valence-corrected chi connectivity index (χ1v) is 10.4. The zero-order chi connectivity index (χ0) is 20.4. The van der Waals surface area contributed by atoms with E-state index in [1.165, 1.54) is 11.8 Å². The first kappa shape index (κ1) is 19.2. The van der Waals surface area contributed by atoms with Crippen molar-refractivity contribution in [2.45, 2.75) is 25.8 Å². The third kappa shape index (κ3) is 4.03. The molecule has 5 nitrogen and oxygen atoms in total. The van der Waals surface area contributed by atoms with E-state index in [1.54, 1.807) is 0 Å². The summed E-state index contributed by atoms with van der Waals surface area (Å²) in [5, 5.41) is 8.59. The summed E-state index contributed by atoms with van der Waals surface area (Å²) in [4.78, 5) is 17.2. The first-order chi connectivity index (χ1) is 14.0. The van der Waals surface area contributed by atoms with Gasteiger partial charge in [-0.15, -0.1) is 0 Å². The highest BCUT2D eigenvalue weighted by Crippen LogP contribution is 2.30. The van der Waals surface area contributed by atoms with E-state index in [0.717, 1.165) is 44.4 Å². The van der Waals surface area contributed by atoms with E-state index in [9.17, 15) is 4.79 Å². The van der Waals surface area contributed by atoms with Crippen LogP contribution in [0.15, 0.2) is 65.7 Å². The highest BCUT2D eigenvalue weighted by atomic mass is 32.2. The Morgan fingerprint density at radius 1 is 1.03 bits per heavy atom. The largest absolute Gasteiger partial charge is 0.325 e. The summed E-state index contributed by atoms with van der Waals surface area (Å²) < 4.78 is 1.84. The van der Waals surface area contributed by atoms with Gasteiger partial charge in [0.05, 0.1) is 11.4 Å². The van der Waals surface area contributed by atoms with Gasteiger partial charge in [0.25, 0.3) is 0 Å². The average molecular weight is 403 g/mol. The molecule has 0 saturated carbocycles. The number of carbonyl (C=O) groups is 1. The summed E-state index contributed by atoms with van der Waals surface area (Å²) in [5.41, 5.74) is 6.64. The number of carbonyl (C=O) groups excluding carboxylic acids is 1.